The zero-order valence-electron chi connectivity index (χ0n) is 19.8. The molecule has 0 fully saturated rings. The molecule has 0 aliphatic carbocycles. The fraction of sp³-hybridized carbons (Fsp3) is 0.231. The number of likely N-dealkylation sites (N-methyl/N-ethyl adjacent to an activating group) is 1. The Bertz CT molecular complexity index is 1300. The zero-order chi connectivity index (χ0) is 25.6. The van der Waals surface area contributed by atoms with Crippen molar-refractivity contribution < 1.29 is 18.0 Å². The fourth-order valence-corrected chi connectivity index (χ4v) is 5.26. The minimum absolute atomic E-state index is 0.0418. The van der Waals surface area contributed by atoms with Gasteiger partial charge in [0.2, 0.25) is 11.8 Å². The average Bonchev–Trinajstić information content (AvgIpc) is 2.86. The van der Waals surface area contributed by atoms with Crippen LogP contribution in [0, 0.1) is 6.92 Å². The third-order valence-electron chi connectivity index (χ3n) is 5.61. The number of sulfonamides is 1. The maximum absolute atomic E-state index is 13.7. The number of anilines is 1. The van der Waals surface area contributed by atoms with Gasteiger partial charge in [0.25, 0.3) is 10.0 Å². The first kappa shape index (κ1) is 26.2. The molecule has 0 radical (unpaired) electrons. The van der Waals surface area contributed by atoms with Gasteiger partial charge in [0.05, 0.1) is 10.6 Å². The van der Waals surface area contributed by atoms with Gasteiger partial charge in [-0.1, -0.05) is 60.1 Å². The first-order chi connectivity index (χ1) is 16.6. The van der Waals surface area contributed by atoms with Gasteiger partial charge >= 0.3 is 0 Å². The second-order valence-electron chi connectivity index (χ2n) is 8.07. The van der Waals surface area contributed by atoms with Crippen LogP contribution in [0.25, 0.3) is 0 Å². The van der Waals surface area contributed by atoms with Crippen LogP contribution >= 0.6 is 11.6 Å². The van der Waals surface area contributed by atoms with Crippen LogP contribution in [0.5, 0.6) is 0 Å². The van der Waals surface area contributed by atoms with Gasteiger partial charge in [0.15, 0.2) is 0 Å². The third-order valence-corrected chi connectivity index (χ3v) is 7.77. The molecule has 0 saturated heterocycles. The highest BCUT2D eigenvalue weighted by molar-refractivity contribution is 7.92. The van der Waals surface area contributed by atoms with Crippen LogP contribution in [0.4, 0.5) is 5.69 Å². The summed E-state index contributed by atoms with van der Waals surface area (Å²) in [5.41, 5.74) is 1.84. The van der Waals surface area contributed by atoms with E-state index >= 15 is 0 Å². The van der Waals surface area contributed by atoms with Crippen LogP contribution in [-0.2, 0) is 26.2 Å². The molecule has 0 bridgehead atoms. The molecule has 3 aromatic carbocycles. The van der Waals surface area contributed by atoms with Crippen molar-refractivity contribution in [3.05, 3.63) is 95.0 Å². The fourth-order valence-electron chi connectivity index (χ4n) is 3.63. The third kappa shape index (κ3) is 6.21. The minimum atomic E-state index is -4.07. The van der Waals surface area contributed by atoms with E-state index in [1.165, 1.54) is 24.1 Å². The monoisotopic (exact) mass is 513 g/mol. The van der Waals surface area contributed by atoms with Crippen LogP contribution in [0.15, 0.2) is 83.8 Å². The lowest BCUT2D eigenvalue weighted by molar-refractivity contribution is -0.139. The van der Waals surface area contributed by atoms with Gasteiger partial charge in [0.1, 0.15) is 12.6 Å². The van der Waals surface area contributed by atoms with Crippen molar-refractivity contribution in [1.29, 1.82) is 0 Å². The normalized spacial score (nSPS) is 12.0. The second-order valence-corrected chi connectivity index (χ2v) is 10.3. The number of benzene rings is 3. The second kappa shape index (κ2) is 11.4. The van der Waals surface area contributed by atoms with E-state index < -0.39 is 28.5 Å². The maximum Gasteiger partial charge on any atom is 0.264 e. The molecule has 184 valence electrons. The van der Waals surface area contributed by atoms with Crippen LogP contribution < -0.4 is 9.62 Å². The summed E-state index contributed by atoms with van der Waals surface area (Å²) in [5.74, 6) is -0.916. The van der Waals surface area contributed by atoms with Crippen molar-refractivity contribution in [3.8, 4) is 0 Å². The average molecular weight is 514 g/mol. The molecule has 0 heterocycles. The van der Waals surface area contributed by atoms with Gasteiger partial charge in [-0.15, -0.1) is 0 Å². The molecule has 0 unspecified atom stereocenters. The van der Waals surface area contributed by atoms with Gasteiger partial charge < -0.3 is 10.2 Å². The van der Waals surface area contributed by atoms with Crippen molar-refractivity contribution in [1.82, 2.24) is 10.2 Å². The van der Waals surface area contributed by atoms with Gasteiger partial charge in [-0.25, -0.2) is 8.42 Å². The van der Waals surface area contributed by atoms with Crippen LogP contribution in [0.3, 0.4) is 0 Å². The molecule has 2 amide bonds. The summed E-state index contributed by atoms with van der Waals surface area (Å²) in [6.45, 7) is 2.99. The van der Waals surface area contributed by atoms with E-state index in [0.29, 0.717) is 16.3 Å². The summed E-state index contributed by atoms with van der Waals surface area (Å²) in [5, 5.41) is 3.00. The van der Waals surface area contributed by atoms with E-state index in [1.807, 2.05) is 13.0 Å². The number of nitrogens with one attached hydrogen (secondary N) is 1. The largest absolute Gasteiger partial charge is 0.357 e. The molecule has 0 aliphatic heterocycles. The predicted octanol–water partition coefficient (Wildman–Crippen LogP) is 4.01. The van der Waals surface area contributed by atoms with Crippen molar-refractivity contribution in [2.24, 2.45) is 0 Å². The Morgan fingerprint density at radius 2 is 1.63 bits per heavy atom. The number of nitrogens with zero attached hydrogens (tertiary/aromatic N) is 2. The van der Waals surface area contributed by atoms with E-state index in [9.17, 15) is 18.0 Å². The van der Waals surface area contributed by atoms with E-state index in [1.54, 1.807) is 67.6 Å². The molecule has 1 N–H and O–H groups in total. The van der Waals surface area contributed by atoms with Crippen molar-refractivity contribution >= 4 is 39.1 Å². The van der Waals surface area contributed by atoms with Crippen LogP contribution in [0.1, 0.15) is 18.1 Å². The number of aryl methyl sites for hydroxylation is 1. The molecule has 1 atom stereocenters. The minimum Gasteiger partial charge on any atom is -0.357 e. The Morgan fingerprint density at radius 3 is 2.26 bits per heavy atom. The van der Waals surface area contributed by atoms with Crippen LogP contribution in [-0.4, -0.2) is 44.8 Å². The van der Waals surface area contributed by atoms with Crippen molar-refractivity contribution in [3.63, 3.8) is 0 Å². The van der Waals surface area contributed by atoms with E-state index in [4.69, 9.17) is 11.6 Å². The lowest BCUT2D eigenvalue weighted by Gasteiger charge is -2.32. The highest BCUT2D eigenvalue weighted by Gasteiger charge is 2.32. The number of carbonyl (C=O) groups excluding carboxylic acids is 2. The molecule has 35 heavy (non-hydrogen) atoms. The number of carbonyl (C=O) groups is 2. The Balaban J connectivity index is 2.04. The summed E-state index contributed by atoms with van der Waals surface area (Å²) in [6.07, 6.45) is 0. The molecule has 7 nitrogen and oxygen atoms in total. The van der Waals surface area contributed by atoms with Gasteiger partial charge in [0, 0.05) is 18.6 Å². The smallest absolute Gasteiger partial charge is 0.264 e. The van der Waals surface area contributed by atoms with Gasteiger partial charge in [-0.05, 0) is 55.3 Å². The summed E-state index contributed by atoms with van der Waals surface area (Å²) in [4.78, 5) is 27.5. The number of rotatable bonds is 9. The zero-order valence-corrected chi connectivity index (χ0v) is 21.4. The lowest BCUT2D eigenvalue weighted by Crippen LogP contribution is -2.50. The molecule has 9 heteroatoms. The van der Waals surface area contributed by atoms with Crippen molar-refractivity contribution in [2.45, 2.75) is 31.3 Å². The molecular formula is C26H28ClN3O4S. The number of hydrogen-bond donors (Lipinski definition) is 1. The molecule has 0 aliphatic rings. The Kier molecular flexibility index (Phi) is 8.53. The Morgan fingerprint density at radius 1 is 0.971 bits per heavy atom. The molecule has 3 rings (SSSR count). The molecule has 0 spiro atoms. The molecule has 0 aromatic heterocycles. The number of halogens is 1. The van der Waals surface area contributed by atoms with E-state index in [2.05, 4.69) is 5.32 Å². The topological polar surface area (TPSA) is 86.8 Å². The molecule has 3 aromatic rings. The Labute approximate surface area is 211 Å². The molecule has 0 saturated carbocycles. The van der Waals surface area contributed by atoms with Crippen LogP contribution in [0.2, 0.25) is 5.02 Å². The number of amides is 2. The van der Waals surface area contributed by atoms with Gasteiger partial charge in [-0.3, -0.25) is 13.9 Å². The summed E-state index contributed by atoms with van der Waals surface area (Å²) in [6, 6.07) is 21.0. The van der Waals surface area contributed by atoms with E-state index in [-0.39, 0.29) is 17.3 Å². The summed E-state index contributed by atoms with van der Waals surface area (Å²) >= 11 is 6.32. The quantitative estimate of drug-likeness (QED) is 0.468. The van der Waals surface area contributed by atoms with Gasteiger partial charge in [-0.2, -0.15) is 0 Å². The Hall–Kier alpha value is -3.36. The standard InChI is InChI=1S/C26H28ClN3O4S/c1-19-10-9-12-22(16-19)30(35(33,34)23-13-5-4-6-14-23)18-25(31)29(20(2)26(32)28-3)17-21-11-7-8-15-24(21)27/h4-16,20H,17-18H2,1-3H3,(H,28,32)/t20-/m1/s1. The summed E-state index contributed by atoms with van der Waals surface area (Å²) < 4.78 is 28.3. The lowest BCUT2D eigenvalue weighted by atomic mass is 10.1. The number of hydrogen-bond acceptors (Lipinski definition) is 4. The van der Waals surface area contributed by atoms with E-state index in [0.717, 1.165) is 9.87 Å². The highest BCUT2D eigenvalue weighted by Crippen LogP contribution is 2.26. The SMILES string of the molecule is CNC(=O)[C@@H](C)N(Cc1ccccc1Cl)C(=O)CN(c1cccc(C)c1)S(=O)(=O)c1ccccc1. The maximum atomic E-state index is 13.7. The molecular weight excluding hydrogens is 486 g/mol. The predicted molar refractivity (Wildman–Crippen MR) is 138 cm³/mol. The first-order valence-corrected chi connectivity index (χ1v) is 12.9. The highest BCUT2D eigenvalue weighted by atomic mass is 35.5. The summed E-state index contributed by atoms with van der Waals surface area (Å²) in [7, 11) is -2.59. The first-order valence-electron chi connectivity index (χ1n) is 11.0. The van der Waals surface area contributed by atoms with Crippen molar-refractivity contribution in [2.75, 3.05) is 17.9 Å².